The second-order valence-electron chi connectivity index (χ2n) is 7.90. The van der Waals surface area contributed by atoms with Crippen molar-refractivity contribution in [3.8, 4) is 0 Å². The van der Waals surface area contributed by atoms with Gasteiger partial charge in [-0.25, -0.2) is 0 Å². The Hall–Kier alpha value is -1.14. The van der Waals surface area contributed by atoms with Gasteiger partial charge in [-0.3, -0.25) is 14.5 Å². The Labute approximate surface area is 151 Å². The Morgan fingerprint density at radius 1 is 0.960 bits per heavy atom. The molecule has 3 aliphatic rings. The molecule has 0 aromatic heterocycles. The molecule has 1 aliphatic carbocycles. The summed E-state index contributed by atoms with van der Waals surface area (Å²) in [5, 5.41) is 2.95. The monoisotopic (exact) mass is 351 g/mol. The van der Waals surface area contributed by atoms with Gasteiger partial charge in [0.15, 0.2) is 0 Å². The van der Waals surface area contributed by atoms with Crippen LogP contribution in [0.5, 0.6) is 0 Å². The fourth-order valence-electron chi connectivity index (χ4n) is 4.40. The Kier molecular flexibility index (Phi) is 6.70. The predicted octanol–water partition coefficient (Wildman–Crippen LogP) is 1.54. The van der Waals surface area contributed by atoms with Crippen molar-refractivity contribution in [2.45, 2.75) is 76.5 Å². The average molecular weight is 351 g/mol. The van der Waals surface area contributed by atoms with Gasteiger partial charge in [-0.15, -0.1) is 0 Å². The second kappa shape index (κ2) is 8.99. The molecule has 1 unspecified atom stereocenters. The van der Waals surface area contributed by atoms with Gasteiger partial charge < -0.3 is 15.0 Å². The fraction of sp³-hybridized carbons (Fsp3) is 0.895. The maximum absolute atomic E-state index is 12.6. The average Bonchev–Trinajstić information content (AvgIpc) is 3.09. The third kappa shape index (κ3) is 5.68. The summed E-state index contributed by atoms with van der Waals surface area (Å²) in [6.45, 7) is 5.41. The summed E-state index contributed by atoms with van der Waals surface area (Å²) in [6, 6.07) is 0.112. The van der Waals surface area contributed by atoms with Crippen molar-refractivity contribution >= 4 is 11.8 Å². The molecule has 0 spiro atoms. The number of likely N-dealkylation sites (tertiary alicyclic amines) is 2. The van der Waals surface area contributed by atoms with Crippen LogP contribution in [0, 0.1) is 0 Å². The van der Waals surface area contributed by atoms with E-state index in [0.717, 1.165) is 45.3 Å². The van der Waals surface area contributed by atoms with Crippen LogP contribution in [0.1, 0.15) is 58.3 Å². The number of nitrogens with zero attached hydrogens (tertiary/aromatic N) is 2. The van der Waals surface area contributed by atoms with E-state index >= 15 is 0 Å². The maximum atomic E-state index is 12.6. The lowest BCUT2D eigenvalue weighted by Gasteiger charge is -2.36. The van der Waals surface area contributed by atoms with Gasteiger partial charge in [0.25, 0.3) is 0 Å². The smallest absolute Gasteiger partial charge is 0.236 e. The molecule has 25 heavy (non-hydrogen) atoms. The van der Waals surface area contributed by atoms with Crippen LogP contribution in [0.3, 0.4) is 0 Å². The summed E-state index contributed by atoms with van der Waals surface area (Å²) in [6.07, 6.45) is 9.95. The number of nitrogens with one attached hydrogen (secondary N) is 1. The maximum Gasteiger partial charge on any atom is 0.236 e. The minimum absolute atomic E-state index is 0.0105. The molecule has 2 aliphatic heterocycles. The summed E-state index contributed by atoms with van der Waals surface area (Å²) < 4.78 is 6.21. The molecule has 2 heterocycles. The van der Waals surface area contributed by atoms with Crippen LogP contribution >= 0.6 is 0 Å². The highest BCUT2D eigenvalue weighted by Crippen LogP contribution is 2.25. The van der Waals surface area contributed by atoms with Gasteiger partial charge in [0.05, 0.1) is 18.8 Å². The predicted molar refractivity (Wildman–Crippen MR) is 96.2 cm³/mol. The molecule has 6 nitrogen and oxygen atoms in total. The number of carbonyl (C=O) groups excluding carboxylic acids is 2. The lowest BCUT2D eigenvalue weighted by molar-refractivity contribution is -0.135. The first-order valence-corrected chi connectivity index (χ1v) is 10.0. The highest BCUT2D eigenvalue weighted by molar-refractivity contribution is 5.78. The van der Waals surface area contributed by atoms with E-state index in [9.17, 15) is 9.59 Å². The first kappa shape index (κ1) is 18.6. The van der Waals surface area contributed by atoms with Gasteiger partial charge in [-0.1, -0.05) is 12.8 Å². The van der Waals surface area contributed by atoms with Gasteiger partial charge in [0, 0.05) is 39.1 Å². The molecule has 1 saturated carbocycles. The first-order chi connectivity index (χ1) is 12.1. The van der Waals surface area contributed by atoms with Crippen LogP contribution in [-0.2, 0) is 14.3 Å². The van der Waals surface area contributed by atoms with Crippen LogP contribution in [-0.4, -0.2) is 72.6 Å². The zero-order valence-electron chi connectivity index (χ0n) is 15.5. The van der Waals surface area contributed by atoms with E-state index in [0.29, 0.717) is 25.3 Å². The number of ether oxygens (including phenoxy) is 1. The molecular formula is C19H33N3O3. The topological polar surface area (TPSA) is 61.9 Å². The normalized spacial score (nSPS) is 26.8. The summed E-state index contributed by atoms with van der Waals surface area (Å²) in [5.41, 5.74) is 0. The van der Waals surface area contributed by atoms with Crippen LogP contribution in [0.15, 0.2) is 0 Å². The zero-order chi connectivity index (χ0) is 17.6. The number of hydrogen-bond donors (Lipinski definition) is 1. The van der Waals surface area contributed by atoms with Crippen molar-refractivity contribution in [3.05, 3.63) is 0 Å². The van der Waals surface area contributed by atoms with E-state index in [2.05, 4.69) is 10.2 Å². The van der Waals surface area contributed by atoms with E-state index in [1.807, 2.05) is 4.90 Å². The number of amides is 2. The minimum atomic E-state index is -0.0105. The molecule has 3 fully saturated rings. The Bertz CT molecular complexity index is 457. The molecule has 0 bridgehead atoms. The fourth-order valence-corrected chi connectivity index (χ4v) is 4.40. The standard InChI is InChI=1S/C19H33N3O3/c1-15(23)20-16-5-4-10-22(13-16)19(24)14-21-11-8-18(9-12-21)25-17-6-2-3-7-17/h16-18H,2-14H2,1H3,(H,20,23). The largest absolute Gasteiger partial charge is 0.375 e. The van der Waals surface area contributed by atoms with E-state index in [4.69, 9.17) is 4.74 Å². The van der Waals surface area contributed by atoms with Crippen molar-refractivity contribution in [2.24, 2.45) is 0 Å². The van der Waals surface area contributed by atoms with Crippen molar-refractivity contribution in [1.82, 2.24) is 15.1 Å². The molecule has 0 aromatic rings. The summed E-state index contributed by atoms with van der Waals surface area (Å²) >= 11 is 0. The van der Waals surface area contributed by atoms with Crippen LogP contribution in [0.4, 0.5) is 0 Å². The second-order valence-corrected chi connectivity index (χ2v) is 7.90. The molecule has 2 amide bonds. The molecule has 6 heteroatoms. The van der Waals surface area contributed by atoms with Gasteiger partial charge in [-0.2, -0.15) is 0 Å². The number of rotatable bonds is 5. The number of hydrogen-bond acceptors (Lipinski definition) is 4. The quantitative estimate of drug-likeness (QED) is 0.816. The molecule has 3 rings (SSSR count). The SMILES string of the molecule is CC(=O)NC1CCCN(C(=O)CN2CCC(OC3CCCC3)CC2)C1. The Morgan fingerprint density at radius 2 is 1.64 bits per heavy atom. The van der Waals surface area contributed by atoms with Crippen molar-refractivity contribution in [2.75, 3.05) is 32.7 Å². The van der Waals surface area contributed by atoms with Gasteiger partial charge >= 0.3 is 0 Å². The van der Waals surface area contributed by atoms with E-state index < -0.39 is 0 Å². The Morgan fingerprint density at radius 3 is 2.32 bits per heavy atom. The van der Waals surface area contributed by atoms with E-state index in [-0.39, 0.29) is 17.9 Å². The molecular weight excluding hydrogens is 318 g/mol. The summed E-state index contributed by atoms with van der Waals surface area (Å²) in [7, 11) is 0. The Balaban J connectivity index is 1.37. The van der Waals surface area contributed by atoms with Crippen LogP contribution in [0.25, 0.3) is 0 Å². The molecule has 1 atom stereocenters. The van der Waals surface area contributed by atoms with Crippen LogP contribution < -0.4 is 5.32 Å². The number of carbonyl (C=O) groups is 2. The van der Waals surface area contributed by atoms with E-state index in [1.54, 1.807) is 6.92 Å². The molecule has 0 aromatic carbocycles. The van der Waals surface area contributed by atoms with Crippen molar-refractivity contribution < 1.29 is 14.3 Å². The third-order valence-electron chi connectivity index (χ3n) is 5.76. The molecule has 142 valence electrons. The van der Waals surface area contributed by atoms with Crippen molar-refractivity contribution in [3.63, 3.8) is 0 Å². The van der Waals surface area contributed by atoms with Crippen LogP contribution in [0.2, 0.25) is 0 Å². The summed E-state index contributed by atoms with van der Waals surface area (Å²) in [4.78, 5) is 28.0. The summed E-state index contributed by atoms with van der Waals surface area (Å²) in [5.74, 6) is 0.189. The van der Waals surface area contributed by atoms with E-state index in [1.165, 1.54) is 25.7 Å². The van der Waals surface area contributed by atoms with Gasteiger partial charge in [-0.05, 0) is 38.5 Å². The first-order valence-electron chi connectivity index (χ1n) is 10.0. The molecule has 1 N–H and O–H groups in total. The third-order valence-corrected chi connectivity index (χ3v) is 5.76. The highest BCUT2D eigenvalue weighted by atomic mass is 16.5. The lowest BCUT2D eigenvalue weighted by Crippen LogP contribution is -2.52. The van der Waals surface area contributed by atoms with Gasteiger partial charge in [0.1, 0.15) is 0 Å². The molecule has 0 radical (unpaired) electrons. The van der Waals surface area contributed by atoms with Crippen molar-refractivity contribution in [1.29, 1.82) is 0 Å². The van der Waals surface area contributed by atoms with Gasteiger partial charge in [0.2, 0.25) is 11.8 Å². The lowest BCUT2D eigenvalue weighted by atomic mass is 10.0. The minimum Gasteiger partial charge on any atom is -0.375 e. The zero-order valence-corrected chi connectivity index (χ0v) is 15.5. The highest BCUT2D eigenvalue weighted by Gasteiger charge is 2.28. The number of piperidine rings is 2. The molecule has 2 saturated heterocycles.